The highest BCUT2D eigenvalue weighted by Crippen LogP contribution is 2.56. The fraction of sp³-hybridized carbons (Fsp3) is 0.0385. The number of rotatable bonds is 6. The summed E-state index contributed by atoms with van der Waals surface area (Å²) in [7, 11) is 0. The zero-order valence-corrected chi connectivity index (χ0v) is 28.8. The minimum atomic E-state index is -0.394. The van der Waals surface area contributed by atoms with Crippen molar-refractivity contribution in [2.24, 2.45) is 0 Å². The summed E-state index contributed by atoms with van der Waals surface area (Å²) in [5.74, 6) is 0. The van der Waals surface area contributed by atoms with Crippen LogP contribution in [-0.4, -0.2) is 0 Å². The predicted octanol–water partition coefficient (Wildman–Crippen LogP) is 13.4. The van der Waals surface area contributed by atoms with Crippen molar-refractivity contribution in [1.29, 1.82) is 0 Å². The highest BCUT2D eigenvalue weighted by Gasteiger charge is 2.45. The van der Waals surface area contributed by atoms with Crippen LogP contribution in [0.5, 0.6) is 0 Å². The third kappa shape index (κ3) is 4.61. The Morgan fingerprint density at radius 1 is 0.423 bits per heavy atom. The summed E-state index contributed by atoms with van der Waals surface area (Å²) in [6, 6.07) is 71.5. The summed E-state index contributed by atoms with van der Waals surface area (Å²) in [5.41, 5.74) is 12.7. The Hall–Kier alpha value is -6.50. The lowest BCUT2D eigenvalue weighted by Gasteiger charge is -2.34. The molecule has 0 amide bonds. The second-order valence-electron chi connectivity index (χ2n) is 13.9. The van der Waals surface area contributed by atoms with Crippen LogP contribution in [0.25, 0.3) is 60.6 Å². The van der Waals surface area contributed by atoms with Gasteiger partial charge in [0.15, 0.2) is 0 Å². The zero-order chi connectivity index (χ0) is 34.5. The first kappa shape index (κ1) is 30.3. The summed E-state index contributed by atoms with van der Waals surface area (Å²) in [4.78, 5) is 0. The van der Waals surface area contributed by atoms with Crippen molar-refractivity contribution < 1.29 is 0 Å². The van der Waals surface area contributed by atoms with Gasteiger partial charge in [0.25, 0.3) is 0 Å². The smallest absolute Gasteiger partial charge is 0.0713 e. The first-order chi connectivity index (χ1) is 25.8. The molecule has 0 bridgehead atoms. The van der Waals surface area contributed by atoms with E-state index in [4.69, 9.17) is 0 Å². The Morgan fingerprint density at radius 2 is 1.02 bits per heavy atom. The molecule has 9 aromatic rings. The van der Waals surface area contributed by atoms with E-state index in [1.54, 1.807) is 0 Å². The van der Waals surface area contributed by atoms with Crippen LogP contribution in [0.3, 0.4) is 0 Å². The monoisotopic (exact) mass is 660 g/mol. The molecule has 244 valence electrons. The van der Waals surface area contributed by atoms with Crippen LogP contribution in [0.4, 0.5) is 0 Å². The van der Waals surface area contributed by atoms with Gasteiger partial charge < -0.3 is 0 Å². The number of benzene rings is 9. The van der Waals surface area contributed by atoms with E-state index in [1.807, 2.05) is 0 Å². The molecule has 1 aliphatic carbocycles. The van der Waals surface area contributed by atoms with Gasteiger partial charge in [0.1, 0.15) is 0 Å². The molecule has 0 N–H and O–H groups in total. The molecule has 9 aromatic carbocycles. The molecule has 52 heavy (non-hydrogen) atoms. The van der Waals surface area contributed by atoms with Crippen molar-refractivity contribution in [3.8, 4) is 22.3 Å². The normalized spacial score (nSPS) is 13.2. The van der Waals surface area contributed by atoms with Crippen LogP contribution in [0.15, 0.2) is 200 Å². The average molecular weight is 661 g/mol. The Bertz CT molecular complexity index is 2750. The molecule has 0 atom stereocenters. The Balaban J connectivity index is 1.14. The van der Waals surface area contributed by atoms with Gasteiger partial charge in [-0.3, -0.25) is 0 Å². The minimum Gasteiger partial charge on any atom is -0.0795 e. The first-order valence-electron chi connectivity index (χ1n) is 18.2. The number of hydrogen-bond acceptors (Lipinski definition) is 0. The van der Waals surface area contributed by atoms with E-state index in [0.717, 1.165) is 6.42 Å². The molecule has 0 nitrogen and oxygen atoms in total. The number of hydrogen-bond donors (Lipinski definition) is 0. The third-order valence-corrected chi connectivity index (χ3v) is 11.2. The molecule has 0 aliphatic heterocycles. The lowest BCUT2D eigenvalue weighted by atomic mass is 9.67. The topological polar surface area (TPSA) is 0 Å². The maximum atomic E-state index is 2.47. The van der Waals surface area contributed by atoms with Crippen molar-refractivity contribution in [2.75, 3.05) is 0 Å². The Labute approximate surface area is 305 Å². The van der Waals surface area contributed by atoms with Gasteiger partial charge in [-0.05, 0) is 94.4 Å². The van der Waals surface area contributed by atoms with Crippen LogP contribution in [0.1, 0.15) is 33.4 Å². The molecule has 0 heterocycles. The maximum absolute atomic E-state index is 2.47. The second-order valence-corrected chi connectivity index (χ2v) is 13.9. The molecular formula is C52H36. The van der Waals surface area contributed by atoms with Gasteiger partial charge in [-0.1, -0.05) is 206 Å². The van der Waals surface area contributed by atoms with Crippen LogP contribution in [0.2, 0.25) is 0 Å². The summed E-state index contributed by atoms with van der Waals surface area (Å²) in [5, 5.41) is 7.70. The largest absolute Gasteiger partial charge is 0.0795 e. The second kappa shape index (κ2) is 12.4. The molecule has 0 saturated carbocycles. The van der Waals surface area contributed by atoms with Gasteiger partial charge >= 0.3 is 0 Å². The average Bonchev–Trinajstić information content (AvgIpc) is 3.52. The molecule has 0 unspecified atom stereocenters. The van der Waals surface area contributed by atoms with Gasteiger partial charge in [0, 0.05) is 0 Å². The molecule has 10 rings (SSSR count). The van der Waals surface area contributed by atoms with Crippen molar-refractivity contribution in [3.05, 3.63) is 234 Å². The molecule has 0 saturated heterocycles. The summed E-state index contributed by atoms with van der Waals surface area (Å²) >= 11 is 0. The van der Waals surface area contributed by atoms with E-state index < -0.39 is 5.41 Å². The Kier molecular flexibility index (Phi) is 7.22. The van der Waals surface area contributed by atoms with Gasteiger partial charge in [0.05, 0.1) is 5.41 Å². The summed E-state index contributed by atoms with van der Waals surface area (Å²) < 4.78 is 0. The van der Waals surface area contributed by atoms with E-state index in [-0.39, 0.29) is 0 Å². The lowest BCUT2D eigenvalue weighted by molar-refractivity contribution is 0.767. The van der Waals surface area contributed by atoms with Crippen LogP contribution < -0.4 is 0 Å². The van der Waals surface area contributed by atoms with E-state index in [9.17, 15) is 0 Å². The van der Waals surface area contributed by atoms with Gasteiger partial charge in [-0.15, -0.1) is 0 Å². The fourth-order valence-corrected chi connectivity index (χ4v) is 9.00. The molecule has 0 fully saturated rings. The predicted molar refractivity (Wildman–Crippen MR) is 221 cm³/mol. The number of fused-ring (bicyclic) bond motifs is 7. The van der Waals surface area contributed by atoms with Gasteiger partial charge in [-0.25, -0.2) is 0 Å². The molecule has 0 radical (unpaired) electrons. The maximum Gasteiger partial charge on any atom is 0.0713 e. The van der Waals surface area contributed by atoms with Crippen LogP contribution >= 0.6 is 0 Å². The van der Waals surface area contributed by atoms with E-state index in [1.165, 1.54) is 88.0 Å². The highest BCUT2D eigenvalue weighted by molar-refractivity contribution is 6.25. The van der Waals surface area contributed by atoms with Crippen molar-refractivity contribution in [1.82, 2.24) is 0 Å². The molecule has 0 spiro atoms. The van der Waals surface area contributed by atoms with Crippen molar-refractivity contribution in [3.63, 3.8) is 0 Å². The first-order valence-corrected chi connectivity index (χ1v) is 18.2. The minimum absolute atomic E-state index is 0.394. The molecule has 0 heteroatoms. The molecule has 0 aromatic heterocycles. The highest BCUT2D eigenvalue weighted by atomic mass is 14.5. The van der Waals surface area contributed by atoms with E-state index in [0.29, 0.717) is 0 Å². The lowest BCUT2D eigenvalue weighted by Crippen LogP contribution is -2.28. The van der Waals surface area contributed by atoms with E-state index >= 15 is 0 Å². The van der Waals surface area contributed by atoms with Gasteiger partial charge in [0.2, 0.25) is 0 Å². The van der Waals surface area contributed by atoms with Crippen LogP contribution in [0, 0.1) is 0 Å². The Morgan fingerprint density at radius 3 is 1.77 bits per heavy atom. The third-order valence-electron chi connectivity index (χ3n) is 11.2. The fourth-order valence-electron chi connectivity index (χ4n) is 9.00. The summed E-state index contributed by atoms with van der Waals surface area (Å²) in [6.45, 7) is 0. The summed E-state index contributed by atoms with van der Waals surface area (Å²) in [6.07, 6.45) is 5.57. The zero-order valence-electron chi connectivity index (χ0n) is 28.8. The SMILES string of the molecule is C(=C\c1c2ccccc2c(-c2ccccc2)c2c1ccc1ccccc12)/Cc1ccc2c(c1)C(c1ccccc1)(c1ccccc1)c1ccccc1-2. The van der Waals surface area contributed by atoms with Crippen molar-refractivity contribution >= 4 is 38.4 Å². The quantitative estimate of drug-likeness (QED) is 0.123. The van der Waals surface area contributed by atoms with E-state index in [2.05, 4.69) is 206 Å². The number of allylic oxidation sites excluding steroid dienone is 1. The standard InChI is InChI=1S/C52H36/c1-4-19-38(20-5-1)50-46-28-13-12-26-42(46)43(47-34-32-37-18-10-11-25-41(37)51(47)50)29-16-17-36-31-33-45-44-27-14-15-30-48(44)52(49(45)35-36,39-21-6-2-7-22-39)40-23-8-3-9-24-40/h1-16,18-35H,17H2/b29-16+. The van der Waals surface area contributed by atoms with Crippen molar-refractivity contribution in [2.45, 2.75) is 11.8 Å². The molecule has 1 aliphatic rings. The van der Waals surface area contributed by atoms with Crippen LogP contribution in [-0.2, 0) is 11.8 Å². The van der Waals surface area contributed by atoms with Gasteiger partial charge in [-0.2, -0.15) is 0 Å². The molecular weight excluding hydrogens is 625 g/mol.